The molecule has 0 heterocycles. The molecule has 0 bridgehead atoms. The topological polar surface area (TPSA) is 96.5 Å². The summed E-state index contributed by atoms with van der Waals surface area (Å²) in [4.78, 5) is 41.0. The Kier molecular flexibility index (Phi) is 11.9. The smallest absolute Gasteiger partial charge is 0.272 e. The number of amides is 3. The van der Waals surface area contributed by atoms with Gasteiger partial charge < -0.3 is 20.7 Å². The Morgan fingerprint density at radius 1 is 0.750 bits per heavy atom. The predicted octanol–water partition coefficient (Wildman–Crippen LogP) is 9.27. The Morgan fingerprint density at radius 2 is 1.38 bits per heavy atom. The maximum absolute atomic E-state index is 13.6. The van der Waals surface area contributed by atoms with Crippen LogP contribution in [0.4, 0.5) is 11.4 Å². The summed E-state index contributed by atoms with van der Waals surface area (Å²) in [7, 11) is 0. The molecule has 7 nitrogen and oxygen atoms in total. The SMILES string of the molecule is CCOc1ccccc1NC(=O)C(Sc1ccc(NC(=O)/C(=C/c2c(Cl)cccc2Cl)NC(=O)c2ccccc2)cc1)c1ccccc1. The molecule has 1 atom stereocenters. The molecule has 0 aliphatic rings. The molecule has 0 saturated carbocycles. The quantitative estimate of drug-likeness (QED) is 0.0893. The van der Waals surface area contributed by atoms with E-state index in [2.05, 4.69) is 16.0 Å². The maximum atomic E-state index is 13.6. The third-order valence-electron chi connectivity index (χ3n) is 6.97. The van der Waals surface area contributed by atoms with E-state index in [0.717, 1.165) is 10.5 Å². The Balaban J connectivity index is 1.35. The molecule has 0 fully saturated rings. The molecule has 5 aromatic rings. The van der Waals surface area contributed by atoms with Crippen molar-refractivity contribution in [2.75, 3.05) is 17.2 Å². The fourth-order valence-electron chi connectivity index (χ4n) is 4.64. The van der Waals surface area contributed by atoms with Gasteiger partial charge in [0.05, 0.1) is 12.3 Å². The van der Waals surface area contributed by atoms with Gasteiger partial charge in [-0.1, -0.05) is 89.9 Å². The number of thioether (sulfide) groups is 1. The highest BCUT2D eigenvalue weighted by molar-refractivity contribution is 8.00. The zero-order valence-electron chi connectivity index (χ0n) is 25.8. The molecule has 10 heteroatoms. The Labute approximate surface area is 293 Å². The highest BCUT2D eigenvalue weighted by Crippen LogP contribution is 2.37. The van der Waals surface area contributed by atoms with Gasteiger partial charge in [-0.25, -0.2) is 0 Å². The number of hydrogen-bond acceptors (Lipinski definition) is 5. The standard InChI is InChI=1S/C38H31Cl2N3O4S/c1-2-47-34-19-10-9-18-32(34)42-38(46)35(25-12-5-3-6-13-25)48-28-22-20-27(21-23-28)41-37(45)33(24-29-30(39)16-11-17-31(29)40)43-36(44)26-14-7-4-8-15-26/h3-24,35H,2H2,1H3,(H,41,45)(H,42,46)(H,43,44)/b33-24-. The van der Waals surface area contributed by atoms with Crippen molar-refractivity contribution < 1.29 is 19.1 Å². The number of anilines is 2. The first kappa shape index (κ1) is 34.3. The summed E-state index contributed by atoms with van der Waals surface area (Å²) < 4.78 is 5.70. The number of rotatable bonds is 12. The number of para-hydroxylation sites is 2. The molecule has 0 saturated heterocycles. The lowest BCUT2D eigenvalue weighted by molar-refractivity contribution is -0.116. The monoisotopic (exact) mass is 695 g/mol. The normalized spacial score (nSPS) is 11.7. The first-order valence-corrected chi connectivity index (χ1v) is 16.6. The molecular weight excluding hydrogens is 665 g/mol. The van der Waals surface area contributed by atoms with Gasteiger partial charge in [0.2, 0.25) is 5.91 Å². The zero-order valence-corrected chi connectivity index (χ0v) is 28.1. The van der Waals surface area contributed by atoms with Crippen molar-refractivity contribution in [3.05, 3.63) is 160 Å². The van der Waals surface area contributed by atoms with Crippen LogP contribution >= 0.6 is 35.0 Å². The zero-order chi connectivity index (χ0) is 33.9. The van der Waals surface area contributed by atoms with E-state index in [1.807, 2.05) is 67.6 Å². The molecule has 1 unspecified atom stereocenters. The van der Waals surface area contributed by atoms with Crippen LogP contribution in [0.15, 0.2) is 138 Å². The van der Waals surface area contributed by atoms with Crippen LogP contribution in [0.1, 0.15) is 33.7 Å². The lowest BCUT2D eigenvalue weighted by atomic mass is 10.1. The molecular formula is C38H31Cl2N3O4S. The summed E-state index contributed by atoms with van der Waals surface area (Å²) in [5.41, 5.74) is 2.60. The van der Waals surface area contributed by atoms with Gasteiger partial charge >= 0.3 is 0 Å². The molecule has 242 valence electrons. The number of halogens is 2. The van der Waals surface area contributed by atoms with Crippen LogP contribution in [0, 0.1) is 0 Å². The van der Waals surface area contributed by atoms with E-state index in [9.17, 15) is 14.4 Å². The molecule has 3 amide bonds. The average molecular weight is 697 g/mol. The third-order valence-corrected chi connectivity index (χ3v) is 8.89. The van der Waals surface area contributed by atoms with Gasteiger partial charge in [-0.2, -0.15) is 0 Å². The van der Waals surface area contributed by atoms with Crippen LogP contribution < -0.4 is 20.7 Å². The highest BCUT2D eigenvalue weighted by Gasteiger charge is 2.23. The van der Waals surface area contributed by atoms with Crippen molar-refractivity contribution in [3.63, 3.8) is 0 Å². The number of nitrogens with one attached hydrogen (secondary N) is 3. The van der Waals surface area contributed by atoms with E-state index in [-0.39, 0.29) is 11.6 Å². The van der Waals surface area contributed by atoms with Gasteiger partial charge in [0.25, 0.3) is 11.8 Å². The van der Waals surface area contributed by atoms with Gasteiger partial charge in [0.15, 0.2) is 0 Å². The van der Waals surface area contributed by atoms with E-state index in [4.69, 9.17) is 27.9 Å². The lowest BCUT2D eigenvalue weighted by Gasteiger charge is -2.19. The van der Waals surface area contributed by atoms with Crippen LogP contribution in [0.2, 0.25) is 10.0 Å². The van der Waals surface area contributed by atoms with Gasteiger partial charge in [-0.05, 0) is 79.2 Å². The molecule has 0 spiro atoms. The molecule has 0 aromatic heterocycles. The Morgan fingerprint density at radius 3 is 2.04 bits per heavy atom. The van der Waals surface area contributed by atoms with Crippen molar-refractivity contribution in [2.24, 2.45) is 0 Å². The van der Waals surface area contributed by atoms with Crippen LogP contribution in [0.25, 0.3) is 6.08 Å². The fourth-order valence-corrected chi connectivity index (χ4v) is 6.17. The van der Waals surface area contributed by atoms with E-state index < -0.39 is 17.1 Å². The highest BCUT2D eigenvalue weighted by atomic mass is 35.5. The van der Waals surface area contributed by atoms with Crippen LogP contribution in [0.3, 0.4) is 0 Å². The summed E-state index contributed by atoms with van der Waals surface area (Å²) in [5, 5.41) is 8.61. The molecule has 0 aliphatic carbocycles. The minimum Gasteiger partial charge on any atom is -0.492 e. The number of hydrogen-bond donors (Lipinski definition) is 3. The van der Waals surface area contributed by atoms with Gasteiger partial charge in [-0.3, -0.25) is 14.4 Å². The van der Waals surface area contributed by atoms with Crippen molar-refractivity contribution in [3.8, 4) is 5.75 Å². The van der Waals surface area contributed by atoms with Gasteiger partial charge in [0.1, 0.15) is 16.7 Å². The van der Waals surface area contributed by atoms with Crippen LogP contribution in [-0.4, -0.2) is 24.3 Å². The second-order valence-electron chi connectivity index (χ2n) is 10.3. The third kappa shape index (κ3) is 9.07. The average Bonchev–Trinajstić information content (AvgIpc) is 3.10. The van der Waals surface area contributed by atoms with E-state index >= 15 is 0 Å². The predicted molar refractivity (Wildman–Crippen MR) is 195 cm³/mol. The van der Waals surface area contributed by atoms with Crippen LogP contribution in [0.5, 0.6) is 5.75 Å². The molecule has 5 aromatic carbocycles. The fraction of sp³-hybridized carbons (Fsp3) is 0.0789. The summed E-state index contributed by atoms with van der Waals surface area (Å²) in [5.74, 6) is -0.667. The molecule has 3 N–H and O–H groups in total. The largest absolute Gasteiger partial charge is 0.492 e. The summed E-state index contributed by atoms with van der Waals surface area (Å²) >= 11 is 14.1. The van der Waals surface area contributed by atoms with E-state index in [0.29, 0.717) is 44.9 Å². The van der Waals surface area contributed by atoms with Gasteiger partial charge in [0, 0.05) is 31.8 Å². The minimum absolute atomic E-state index is 0.0505. The lowest BCUT2D eigenvalue weighted by Crippen LogP contribution is -2.30. The second-order valence-corrected chi connectivity index (χ2v) is 12.3. The number of ether oxygens (including phenoxy) is 1. The summed E-state index contributed by atoms with van der Waals surface area (Å²) in [6.45, 7) is 2.36. The van der Waals surface area contributed by atoms with Crippen molar-refractivity contribution in [2.45, 2.75) is 17.1 Å². The molecule has 48 heavy (non-hydrogen) atoms. The Bertz CT molecular complexity index is 1900. The van der Waals surface area contributed by atoms with Crippen molar-refractivity contribution in [1.82, 2.24) is 5.32 Å². The van der Waals surface area contributed by atoms with Gasteiger partial charge in [-0.15, -0.1) is 11.8 Å². The van der Waals surface area contributed by atoms with Crippen molar-refractivity contribution >= 4 is 70.1 Å². The minimum atomic E-state index is -0.579. The first-order chi connectivity index (χ1) is 23.3. The number of carbonyl (C=O) groups excluding carboxylic acids is 3. The summed E-state index contributed by atoms with van der Waals surface area (Å²) in [6, 6.07) is 37.4. The number of carbonyl (C=O) groups is 3. The Hall–Kier alpha value is -5.02. The van der Waals surface area contributed by atoms with E-state index in [1.54, 1.807) is 66.7 Å². The van der Waals surface area contributed by atoms with Crippen LogP contribution in [-0.2, 0) is 9.59 Å². The molecule has 0 aliphatic heterocycles. The first-order valence-electron chi connectivity index (χ1n) is 15.0. The van der Waals surface area contributed by atoms with Crippen molar-refractivity contribution in [1.29, 1.82) is 0 Å². The maximum Gasteiger partial charge on any atom is 0.272 e. The van der Waals surface area contributed by atoms with E-state index in [1.165, 1.54) is 17.8 Å². The molecule has 0 radical (unpaired) electrons. The second kappa shape index (κ2) is 16.7. The molecule has 5 rings (SSSR count). The number of benzene rings is 5. The summed E-state index contributed by atoms with van der Waals surface area (Å²) in [6.07, 6.45) is 1.44.